The third kappa shape index (κ3) is 3.56. The summed E-state index contributed by atoms with van der Waals surface area (Å²) < 4.78 is 0. The number of hydrogen-bond acceptors (Lipinski definition) is 4. The first-order valence-corrected chi connectivity index (χ1v) is 7.75. The van der Waals surface area contributed by atoms with Crippen LogP contribution in [-0.4, -0.2) is 22.0 Å². The number of rotatable bonds is 5. The van der Waals surface area contributed by atoms with Gasteiger partial charge in [0.15, 0.2) is 0 Å². The molecule has 0 radical (unpaired) electrons. The van der Waals surface area contributed by atoms with Crippen LogP contribution in [0.4, 0.5) is 0 Å². The van der Waals surface area contributed by atoms with Gasteiger partial charge in [0.2, 0.25) is 5.91 Å². The molecule has 1 amide bonds. The molecule has 1 aliphatic rings. The highest BCUT2D eigenvalue weighted by molar-refractivity contribution is 7.11. The predicted molar refractivity (Wildman–Crippen MR) is 76.5 cm³/mol. The molecular weight excluding hydrogens is 276 g/mol. The van der Waals surface area contributed by atoms with E-state index in [1.807, 2.05) is 6.92 Å². The van der Waals surface area contributed by atoms with E-state index in [1.165, 1.54) is 11.3 Å². The van der Waals surface area contributed by atoms with Crippen molar-refractivity contribution in [1.82, 2.24) is 10.3 Å². The lowest BCUT2D eigenvalue weighted by Crippen LogP contribution is -2.39. The Morgan fingerprint density at radius 2 is 2.10 bits per heavy atom. The molecule has 1 aliphatic carbocycles. The minimum absolute atomic E-state index is 0.0761. The number of carboxylic acids is 1. The van der Waals surface area contributed by atoms with Crippen LogP contribution in [0, 0.1) is 12.3 Å². The Kier molecular flexibility index (Phi) is 4.75. The van der Waals surface area contributed by atoms with Crippen LogP contribution in [0.5, 0.6) is 0 Å². The average molecular weight is 296 g/mol. The maximum Gasteiger partial charge on any atom is 0.310 e. The summed E-state index contributed by atoms with van der Waals surface area (Å²) in [6.45, 7) is 2.34. The molecule has 0 spiro atoms. The maximum absolute atomic E-state index is 12.0. The molecule has 1 aromatic rings. The number of carbonyl (C=O) groups is 2. The summed E-state index contributed by atoms with van der Waals surface area (Å²) in [5.41, 5.74) is -0.860. The molecule has 2 rings (SSSR count). The van der Waals surface area contributed by atoms with Crippen molar-refractivity contribution in [2.75, 3.05) is 0 Å². The molecule has 1 saturated carbocycles. The highest BCUT2D eigenvalue weighted by Crippen LogP contribution is 2.39. The van der Waals surface area contributed by atoms with Crippen LogP contribution >= 0.6 is 11.3 Å². The monoisotopic (exact) mass is 296 g/mol. The summed E-state index contributed by atoms with van der Waals surface area (Å²) in [5.74, 6) is -1.03. The van der Waals surface area contributed by atoms with Crippen LogP contribution < -0.4 is 5.32 Å². The summed E-state index contributed by atoms with van der Waals surface area (Å²) in [7, 11) is 0. The van der Waals surface area contributed by atoms with Gasteiger partial charge in [0.25, 0.3) is 0 Å². The number of aliphatic carboxylic acids is 1. The first-order valence-electron chi connectivity index (χ1n) is 6.93. The Bertz CT molecular complexity index is 492. The molecule has 2 N–H and O–H groups in total. The molecule has 20 heavy (non-hydrogen) atoms. The smallest absolute Gasteiger partial charge is 0.310 e. The second kappa shape index (κ2) is 6.35. The molecule has 110 valence electrons. The highest BCUT2D eigenvalue weighted by atomic mass is 32.1. The largest absolute Gasteiger partial charge is 0.481 e. The van der Waals surface area contributed by atoms with Crippen LogP contribution in [0.3, 0.4) is 0 Å². The van der Waals surface area contributed by atoms with E-state index in [2.05, 4.69) is 10.3 Å². The maximum atomic E-state index is 12.0. The molecule has 0 unspecified atom stereocenters. The summed E-state index contributed by atoms with van der Waals surface area (Å²) in [6, 6.07) is 0. The average Bonchev–Trinajstić information content (AvgIpc) is 2.83. The molecular formula is C14H20N2O3S. The van der Waals surface area contributed by atoms with Crippen molar-refractivity contribution in [2.24, 2.45) is 5.41 Å². The molecule has 0 bridgehead atoms. The molecule has 1 aromatic heterocycles. The minimum Gasteiger partial charge on any atom is -0.481 e. The van der Waals surface area contributed by atoms with Crippen LogP contribution in [0.1, 0.15) is 48.4 Å². The minimum atomic E-state index is -0.860. The van der Waals surface area contributed by atoms with Crippen molar-refractivity contribution < 1.29 is 14.7 Å². The standard InChI is InChI=1S/C14H20N2O3S/c1-10-8-16-12(20-10)9-15-11(17)7-14(13(18)19)5-3-2-4-6-14/h8H,2-7,9H2,1H3,(H,15,17)(H,18,19). The third-order valence-electron chi connectivity index (χ3n) is 3.87. The number of nitrogens with zero attached hydrogens (tertiary/aromatic N) is 1. The molecule has 5 nitrogen and oxygen atoms in total. The fraction of sp³-hybridized carbons (Fsp3) is 0.643. The zero-order chi connectivity index (χ0) is 14.6. The third-order valence-corrected chi connectivity index (χ3v) is 4.78. The van der Waals surface area contributed by atoms with Gasteiger partial charge in [-0.1, -0.05) is 19.3 Å². The van der Waals surface area contributed by atoms with Crippen LogP contribution in [0.2, 0.25) is 0 Å². The van der Waals surface area contributed by atoms with Gasteiger partial charge in [-0.2, -0.15) is 0 Å². The summed E-state index contributed by atoms with van der Waals surface area (Å²) >= 11 is 1.54. The molecule has 0 saturated heterocycles. The fourth-order valence-electron chi connectivity index (χ4n) is 2.72. The van der Waals surface area contributed by atoms with Gasteiger partial charge in [0.1, 0.15) is 5.01 Å². The topological polar surface area (TPSA) is 79.3 Å². The number of amides is 1. The number of thiazole rings is 1. The second-order valence-electron chi connectivity index (χ2n) is 5.46. The van der Waals surface area contributed by atoms with E-state index in [1.54, 1.807) is 6.20 Å². The normalized spacial score (nSPS) is 17.6. The highest BCUT2D eigenvalue weighted by Gasteiger charge is 2.41. The second-order valence-corrected chi connectivity index (χ2v) is 6.78. The number of aromatic nitrogens is 1. The van der Waals surface area contributed by atoms with Gasteiger partial charge in [-0.05, 0) is 19.8 Å². The lowest BCUT2D eigenvalue weighted by molar-refractivity contribution is -0.154. The fourth-order valence-corrected chi connectivity index (χ4v) is 3.45. The quantitative estimate of drug-likeness (QED) is 0.875. The van der Waals surface area contributed by atoms with Crippen LogP contribution in [-0.2, 0) is 16.1 Å². The Labute approximate surface area is 122 Å². The number of carbonyl (C=O) groups excluding carboxylic acids is 1. The van der Waals surface area contributed by atoms with Crippen molar-refractivity contribution in [3.05, 3.63) is 16.1 Å². The number of hydrogen-bond donors (Lipinski definition) is 2. The Hall–Kier alpha value is -1.43. The van der Waals surface area contributed by atoms with E-state index in [0.717, 1.165) is 29.1 Å². The van der Waals surface area contributed by atoms with Crippen molar-refractivity contribution in [1.29, 1.82) is 0 Å². The van der Waals surface area contributed by atoms with Crippen molar-refractivity contribution in [3.63, 3.8) is 0 Å². The SMILES string of the molecule is Cc1cnc(CNC(=O)CC2(C(=O)O)CCCCC2)s1. The van der Waals surface area contributed by atoms with Gasteiger partial charge in [-0.15, -0.1) is 11.3 Å². The van der Waals surface area contributed by atoms with Crippen molar-refractivity contribution in [2.45, 2.75) is 52.0 Å². The van der Waals surface area contributed by atoms with Gasteiger partial charge in [0, 0.05) is 17.5 Å². The summed E-state index contributed by atoms with van der Waals surface area (Å²) in [6.07, 6.45) is 5.91. The van der Waals surface area contributed by atoms with E-state index < -0.39 is 11.4 Å². The van der Waals surface area contributed by atoms with Gasteiger partial charge in [-0.3, -0.25) is 9.59 Å². The van der Waals surface area contributed by atoms with Crippen LogP contribution in [0.15, 0.2) is 6.20 Å². The summed E-state index contributed by atoms with van der Waals surface area (Å²) in [4.78, 5) is 28.8. The Morgan fingerprint density at radius 3 is 2.65 bits per heavy atom. The summed E-state index contributed by atoms with van der Waals surface area (Å²) in [5, 5.41) is 13.1. The van der Waals surface area contributed by atoms with Crippen molar-refractivity contribution in [3.8, 4) is 0 Å². The van der Waals surface area contributed by atoms with E-state index >= 15 is 0 Å². The first-order chi connectivity index (χ1) is 9.52. The lowest BCUT2D eigenvalue weighted by Gasteiger charge is -2.32. The molecule has 1 fully saturated rings. The van der Waals surface area contributed by atoms with E-state index in [9.17, 15) is 14.7 Å². The van der Waals surface area contributed by atoms with Gasteiger partial charge in [0.05, 0.1) is 12.0 Å². The zero-order valence-electron chi connectivity index (χ0n) is 11.6. The Balaban J connectivity index is 1.90. The Morgan fingerprint density at radius 1 is 1.40 bits per heavy atom. The number of aryl methyl sites for hydroxylation is 1. The first kappa shape index (κ1) is 15.0. The zero-order valence-corrected chi connectivity index (χ0v) is 12.5. The molecule has 1 heterocycles. The van der Waals surface area contributed by atoms with Crippen LogP contribution in [0.25, 0.3) is 0 Å². The number of carboxylic acid groups (broad SMARTS) is 1. The number of nitrogens with one attached hydrogen (secondary N) is 1. The predicted octanol–water partition coefficient (Wildman–Crippen LogP) is 2.49. The molecule has 0 atom stereocenters. The van der Waals surface area contributed by atoms with E-state index in [4.69, 9.17) is 0 Å². The van der Waals surface area contributed by atoms with Crippen molar-refractivity contribution >= 4 is 23.2 Å². The lowest BCUT2D eigenvalue weighted by atomic mass is 9.71. The van der Waals surface area contributed by atoms with E-state index in [0.29, 0.717) is 19.4 Å². The van der Waals surface area contributed by atoms with E-state index in [-0.39, 0.29) is 12.3 Å². The molecule has 0 aromatic carbocycles. The van der Waals surface area contributed by atoms with Gasteiger partial charge in [-0.25, -0.2) is 4.98 Å². The van der Waals surface area contributed by atoms with Gasteiger partial charge < -0.3 is 10.4 Å². The molecule has 0 aliphatic heterocycles. The van der Waals surface area contributed by atoms with Gasteiger partial charge >= 0.3 is 5.97 Å². The molecule has 6 heteroatoms.